The molecule has 0 bridgehead atoms. The number of carbonyl (C=O) groups excluding carboxylic acids is 1. The molecule has 0 saturated heterocycles. The van der Waals surface area contributed by atoms with Crippen LogP contribution in [0.1, 0.15) is 31.7 Å². The van der Waals surface area contributed by atoms with Gasteiger partial charge < -0.3 is 5.32 Å². The molecule has 5 nitrogen and oxygen atoms in total. The van der Waals surface area contributed by atoms with Gasteiger partial charge in [0.2, 0.25) is 15.9 Å². The lowest BCUT2D eigenvalue weighted by Gasteiger charge is -2.22. The highest BCUT2D eigenvalue weighted by Gasteiger charge is 2.26. The Labute approximate surface area is 176 Å². The van der Waals surface area contributed by atoms with Crippen LogP contribution in [0.2, 0.25) is 10.0 Å². The molecule has 152 valence electrons. The fraction of sp³-hybridized carbons (Fsp3) is 0.350. The quantitative estimate of drug-likeness (QED) is 0.551. The van der Waals surface area contributed by atoms with E-state index in [9.17, 15) is 13.2 Å². The number of sulfonamides is 1. The van der Waals surface area contributed by atoms with Crippen LogP contribution in [0.5, 0.6) is 0 Å². The van der Waals surface area contributed by atoms with Crippen molar-refractivity contribution in [1.82, 2.24) is 9.62 Å². The molecular formula is C20H24Cl2N2O3S. The van der Waals surface area contributed by atoms with Crippen LogP contribution in [0.3, 0.4) is 0 Å². The predicted octanol–water partition coefficient (Wildman–Crippen LogP) is 4.49. The monoisotopic (exact) mass is 442 g/mol. The van der Waals surface area contributed by atoms with Gasteiger partial charge in [-0.15, -0.1) is 0 Å². The zero-order valence-electron chi connectivity index (χ0n) is 15.7. The molecule has 0 aromatic heterocycles. The molecule has 0 fully saturated rings. The zero-order chi connectivity index (χ0) is 20.6. The molecular weight excluding hydrogens is 419 g/mol. The van der Waals surface area contributed by atoms with E-state index in [0.29, 0.717) is 22.2 Å². The second kappa shape index (κ2) is 10.8. The number of carbonyl (C=O) groups is 1. The maximum atomic E-state index is 13.1. The molecule has 2 aromatic rings. The van der Waals surface area contributed by atoms with E-state index in [4.69, 9.17) is 23.2 Å². The van der Waals surface area contributed by atoms with Crippen molar-refractivity contribution in [3.05, 3.63) is 64.1 Å². The van der Waals surface area contributed by atoms with Crippen molar-refractivity contribution in [1.29, 1.82) is 0 Å². The van der Waals surface area contributed by atoms with Crippen LogP contribution < -0.4 is 5.32 Å². The summed E-state index contributed by atoms with van der Waals surface area (Å²) in [6.45, 7) is 2.34. The largest absolute Gasteiger partial charge is 0.355 e. The van der Waals surface area contributed by atoms with Gasteiger partial charge >= 0.3 is 0 Å². The van der Waals surface area contributed by atoms with Gasteiger partial charge in [0.05, 0.1) is 21.5 Å². The van der Waals surface area contributed by atoms with Gasteiger partial charge in [-0.05, 0) is 36.2 Å². The van der Waals surface area contributed by atoms with Crippen molar-refractivity contribution < 1.29 is 13.2 Å². The van der Waals surface area contributed by atoms with Gasteiger partial charge in [0.25, 0.3) is 0 Å². The molecule has 0 aliphatic rings. The minimum atomic E-state index is -3.86. The number of benzene rings is 2. The summed E-state index contributed by atoms with van der Waals surface area (Å²) in [6, 6.07) is 13.0. The second-order valence-corrected chi connectivity index (χ2v) is 9.14. The van der Waals surface area contributed by atoms with Crippen LogP contribution in [0.25, 0.3) is 0 Å². The lowest BCUT2D eigenvalue weighted by Crippen LogP contribution is -2.40. The minimum absolute atomic E-state index is 0.0104. The number of amides is 1. The molecule has 0 unspecified atom stereocenters. The highest BCUT2D eigenvalue weighted by Crippen LogP contribution is 2.25. The van der Waals surface area contributed by atoms with Crippen LogP contribution in [0.4, 0.5) is 0 Å². The molecule has 0 aliphatic heterocycles. The van der Waals surface area contributed by atoms with E-state index in [1.165, 1.54) is 12.1 Å². The Bertz CT molecular complexity index is 890. The van der Waals surface area contributed by atoms with Crippen molar-refractivity contribution in [3.63, 3.8) is 0 Å². The Kier molecular flexibility index (Phi) is 8.76. The Morgan fingerprint density at radius 2 is 1.75 bits per heavy atom. The van der Waals surface area contributed by atoms with E-state index in [1.54, 1.807) is 36.4 Å². The fourth-order valence-electron chi connectivity index (χ4n) is 2.63. The third kappa shape index (κ3) is 6.48. The molecule has 0 aliphatic carbocycles. The summed E-state index contributed by atoms with van der Waals surface area (Å²) in [5.74, 6) is -0.337. The topological polar surface area (TPSA) is 66.5 Å². The van der Waals surface area contributed by atoms with E-state index in [1.807, 2.05) is 0 Å². The Morgan fingerprint density at radius 3 is 2.39 bits per heavy atom. The number of hydrogen-bond acceptors (Lipinski definition) is 3. The Morgan fingerprint density at radius 1 is 1.04 bits per heavy atom. The predicted molar refractivity (Wildman–Crippen MR) is 113 cm³/mol. The average molecular weight is 443 g/mol. The zero-order valence-corrected chi connectivity index (χ0v) is 18.0. The molecule has 1 N–H and O–H groups in total. The maximum Gasteiger partial charge on any atom is 0.243 e. The van der Waals surface area contributed by atoms with E-state index >= 15 is 0 Å². The fourth-order valence-corrected chi connectivity index (χ4v) is 4.35. The van der Waals surface area contributed by atoms with Gasteiger partial charge in [-0.25, -0.2) is 8.42 Å². The van der Waals surface area contributed by atoms with Crippen molar-refractivity contribution in [2.24, 2.45) is 0 Å². The number of rotatable bonds is 10. The van der Waals surface area contributed by atoms with Gasteiger partial charge in [0, 0.05) is 13.1 Å². The van der Waals surface area contributed by atoms with Crippen molar-refractivity contribution >= 4 is 39.1 Å². The summed E-state index contributed by atoms with van der Waals surface area (Å²) in [6.07, 6.45) is 2.91. The lowest BCUT2D eigenvalue weighted by atomic mass is 10.2. The number of nitrogens with zero attached hydrogens (tertiary/aromatic N) is 1. The molecule has 2 rings (SSSR count). The molecule has 8 heteroatoms. The molecule has 1 amide bonds. The van der Waals surface area contributed by atoms with E-state index in [2.05, 4.69) is 12.2 Å². The molecule has 0 spiro atoms. The van der Waals surface area contributed by atoms with Crippen molar-refractivity contribution in [2.45, 2.75) is 37.6 Å². The highest BCUT2D eigenvalue weighted by molar-refractivity contribution is 7.89. The van der Waals surface area contributed by atoms with Gasteiger partial charge in [0.15, 0.2) is 0 Å². The van der Waals surface area contributed by atoms with Crippen molar-refractivity contribution in [2.75, 3.05) is 13.1 Å². The Balaban J connectivity index is 2.22. The van der Waals surface area contributed by atoms with Crippen LogP contribution in [-0.4, -0.2) is 31.7 Å². The van der Waals surface area contributed by atoms with E-state index < -0.39 is 10.0 Å². The normalized spacial score (nSPS) is 11.6. The molecule has 0 saturated carbocycles. The van der Waals surface area contributed by atoms with E-state index in [0.717, 1.165) is 23.6 Å². The van der Waals surface area contributed by atoms with Crippen LogP contribution >= 0.6 is 23.2 Å². The maximum absolute atomic E-state index is 13.1. The first-order chi connectivity index (χ1) is 13.3. The minimum Gasteiger partial charge on any atom is -0.355 e. The second-order valence-electron chi connectivity index (χ2n) is 6.39. The van der Waals surface area contributed by atoms with Crippen LogP contribution in [0.15, 0.2) is 53.4 Å². The van der Waals surface area contributed by atoms with Gasteiger partial charge in [0.1, 0.15) is 0 Å². The van der Waals surface area contributed by atoms with Gasteiger partial charge in [-0.2, -0.15) is 4.31 Å². The van der Waals surface area contributed by atoms with E-state index in [-0.39, 0.29) is 23.9 Å². The first-order valence-corrected chi connectivity index (χ1v) is 11.3. The molecule has 0 atom stereocenters. The number of halogens is 2. The molecule has 2 aromatic carbocycles. The summed E-state index contributed by atoms with van der Waals surface area (Å²) in [7, 11) is -3.86. The smallest absolute Gasteiger partial charge is 0.243 e. The third-order valence-corrected chi connectivity index (χ3v) is 6.69. The Hall–Kier alpha value is -1.60. The summed E-state index contributed by atoms with van der Waals surface area (Å²) in [5, 5.41) is 3.50. The molecule has 28 heavy (non-hydrogen) atoms. The summed E-state index contributed by atoms with van der Waals surface area (Å²) in [4.78, 5) is 12.5. The standard InChI is InChI=1S/C20H24Cl2N2O3S/c1-2-3-7-12-23-20(25)15-24(14-16-10-11-18(21)19(22)13-16)28(26,27)17-8-5-4-6-9-17/h4-6,8-11,13H,2-3,7,12,14-15H2,1H3,(H,23,25). The number of nitrogens with one attached hydrogen (secondary N) is 1. The van der Waals surface area contributed by atoms with Gasteiger partial charge in [-0.1, -0.05) is 67.2 Å². The summed E-state index contributed by atoms with van der Waals surface area (Å²) >= 11 is 12.0. The van der Waals surface area contributed by atoms with Crippen LogP contribution in [0, 0.1) is 0 Å². The highest BCUT2D eigenvalue weighted by atomic mass is 35.5. The summed E-state index contributed by atoms with van der Waals surface area (Å²) in [5.41, 5.74) is 0.646. The van der Waals surface area contributed by atoms with Crippen molar-refractivity contribution in [3.8, 4) is 0 Å². The van der Waals surface area contributed by atoms with Crippen LogP contribution in [-0.2, 0) is 21.4 Å². The molecule has 0 heterocycles. The number of unbranched alkanes of at least 4 members (excludes halogenated alkanes) is 2. The third-order valence-electron chi connectivity index (χ3n) is 4.15. The number of hydrogen-bond donors (Lipinski definition) is 1. The molecule has 0 radical (unpaired) electrons. The first-order valence-electron chi connectivity index (χ1n) is 9.10. The lowest BCUT2D eigenvalue weighted by molar-refractivity contribution is -0.121. The first kappa shape index (κ1) is 22.7. The van der Waals surface area contributed by atoms with Gasteiger partial charge in [-0.3, -0.25) is 4.79 Å². The SMILES string of the molecule is CCCCCNC(=O)CN(Cc1ccc(Cl)c(Cl)c1)S(=O)(=O)c1ccccc1. The average Bonchev–Trinajstić information content (AvgIpc) is 2.68. The summed E-state index contributed by atoms with van der Waals surface area (Å²) < 4.78 is 27.3.